The molecular formula is C8H15N3O5. The average molecular weight is 233 g/mol. The largest absolute Gasteiger partial charge is 0.481 e. The number of carboxylic acids is 1. The first-order valence-electron chi connectivity index (χ1n) is 4.62. The van der Waals surface area contributed by atoms with Gasteiger partial charge in [0.25, 0.3) is 0 Å². The van der Waals surface area contributed by atoms with Crippen molar-refractivity contribution in [2.75, 3.05) is 26.3 Å². The number of carbonyl (C=O) groups excluding carboxylic acids is 2. The number of hydrogen-bond donors (Lipinski definition) is 4. The van der Waals surface area contributed by atoms with Crippen LogP contribution in [0.4, 0.5) is 4.79 Å². The van der Waals surface area contributed by atoms with Crippen molar-refractivity contribution in [1.29, 1.82) is 0 Å². The maximum atomic E-state index is 11.0. The second-order valence-corrected chi connectivity index (χ2v) is 2.85. The Morgan fingerprint density at radius 3 is 2.38 bits per heavy atom. The molecule has 0 radical (unpaired) electrons. The quantitative estimate of drug-likeness (QED) is 0.370. The predicted octanol–water partition coefficient (Wildman–Crippen LogP) is -1.74. The van der Waals surface area contributed by atoms with Crippen molar-refractivity contribution in [3.8, 4) is 0 Å². The molecule has 0 unspecified atom stereocenters. The highest BCUT2D eigenvalue weighted by atomic mass is 16.5. The van der Waals surface area contributed by atoms with Crippen molar-refractivity contribution >= 4 is 17.9 Å². The van der Waals surface area contributed by atoms with E-state index in [1.54, 1.807) is 0 Å². The Labute approximate surface area is 92.1 Å². The third kappa shape index (κ3) is 10.3. The molecule has 8 nitrogen and oxygen atoms in total. The summed E-state index contributed by atoms with van der Waals surface area (Å²) < 4.78 is 4.78. The highest BCUT2D eigenvalue weighted by Crippen LogP contribution is 1.76. The number of carbonyl (C=O) groups is 3. The number of amides is 3. The van der Waals surface area contributed by atoms with Gasteiger partial charge in [0.2, 0.25) is 5.91 Å². The zero-order valence-electron chi connectivity index (χ0n) is 8.69. The number of urea groups is 1. The molecule has 0 fully saturated rings. The van der Waals surface area contributed by atoms with E-state index >= 15 is 0 Å². The zero-order chi connectivity index (χ0) is 12.4. The number of aliphatic carboxylic acids is 1. The minimum atomic E-state index is -0.981. The topological polar surface area (TPSA) is 131 Å². The van der Waals surface area contributed by atoms with Crippen LogP contribution in [0.3, 0.4) is 0 Å². The first-order chi connectivity index (χ1) is 7.52. The first-order valence-corrected chi connectivity index (χ1v) is 4.62. The number of rotatable bonds is 8. The molecule has 0 bridgehead atoms. The summed E-state index contributed by atoms with van der Waals surface area (Å²) in [7, 11) is 0. The summed E-state index contributed by atoms with van der Waals surface area (Å²) in [6.07, 6.45) is -0.133. The van der Waals surface area contributed by atoms with Gasteiger partial charge in [0.05, 0.1) is 13.0 Å². The number of nitrogens with two attached hydrogens (primary N) is 1. The Morgan fingerprint density at radius 1 is 1.19 bits per heavy atom. The second kappa shape index (κ2) is 8.48. The highest BCUT2D eigenvalue weighted by Gasteiger charge is 2.01. The molecule has 0 heterocycles. The van der Waals surface area contributed by atoms with Crippen molar-refractivity contribution in [3.63, 3.8) is 0 Å². The van der Waals surface area contributed by atoms with Crippen LogP contribution in [-0.4, -0.2) is 49.3 Å². The van der Waals surface area contributed by atoms with Crippen LogP contribution in [0.2, 0.25) is 0 Å². The molecule has 0 aliphatic carbocycles. The third-order valence-electron chi connectivity index (χ3n) is 1.40. The van der Waals surface area contributed by atoms with E-state index in [0.29, 0.717) is 0 Å². The lowest BCUT2D eigenvalue weighted by atomic mass is 10.4. The third-order valence-corrected chi connectivity index (χ3v) is 1.40. The Bertz CT molecular complexity index is 256. The fraction of sp³-hybridized carbons (Fsp3) is 0.625. The van der Waals surface area contributed by atoms with E-state index in [0.717, 1.165) is 0 Å². The summed E-state index contributed by atoms with van der Waals surface area (Å²) in [5, 5.41) is 13.0. The van der Waals surface area contributed by atoms with Gasteiger partial charge in [0.15, 0.2) is 0 Å². The van der Waals surface area contributed by atoms with E-state index in [1.807, 2.05) is 0 Å². The van der Waals surface area contributed by atoms with E-state index in [2.05, 4.69) is 10.6 Å². The zero-order valence-corrected chi connectivity index (χ0v) is 8.69. The molecule has 3 amide bonds. The fourth-order valence-corrected chi connectivity index (χ4v) is 0.755. The average Bonchev–Trinajstić information content (AvgIpc) is 2.16. The van der Waals surface area contributed by atoms with Gasteiger partial charge in [-0.15, -0.1) is 0 Å². The van der Waals surface area contributed by atoms with Crippen molar-refractivity contribution in [2.45, 2.75) is 6.42 Å². The standard InChI is InChI=1S/C8H15N3O5/c9-6(12)5-16-4-3-11-8(15)10-2-1-7(13)14/h1-5H2,(H2,9,12)(H,13,14)(H2,10,11,15). The Hall–Kier alpha value is -1.83. The molecule has 0 spiro atoms. The van der Waals surface area contributed by atoms with Gasteiger partial charge in [0.1, 0.15) is 6.61 Å². The Balaban J connectivity index is 3.30. The van der Waals surface area contributed by atoms with E-state index in [9.17, 15) is 14.4 Å². The van der Waals surface area contributed by atoms with Crippen LogP contribution < -0.4 is 16.4 Å². The molecular weight excluding hydrogens is 218 g/mol. The molecule has 0 aromatic heterocycles. The molecule has 0 atom stereocenters. The van der Waals surface area contributed by atoms with Crippen molar-refractivity contribution in [1.82, 2.24) is 10.6 Å². The normalized spacial score (nSPS) is 9.50. The Kier molecular flexibility index (Phi) is 7.51. The summed E-state index contributed by atoms with van der Waals surface area (Å²) in [4.78, 5) is 31.3. The van der Waals surface area contributed by atoms with Crippen LogP contribution >= 0.6 is 0 Å². The summed E-state index contributed by atoms with van der Waals surface area (Å²) in [6, 6.07) is -0.482. The maximum Gasteiger partial charge on any atom is 0.314 e. The van der Waals surface area contributed by atoms with Gasteiger partial charge in [-0.3, -0.25) is 9.59 Å². The van der Waals surface area contributed by atoms with Gasteiger partial charge < -0.3 is 26.2 Å². The summed E-state index contributed by atoms with van der Waals surface area (Å²) in [5.74, 6) is -1.56. The van der Waals surface area contributed by atoms with Crippen LogP contribution in [0.25, 0.3) is 0 Å². The SMILES string of the molecule is NC(=O)COCCNC(=O)NCCC(=O)O. The minimum absolute atomic E-state index is 0.0588. The molecule has 0 saturated carbocycles. The van der Waals surface area contributed by atoms with Crippen LogP contribution in [0.1, 0.15) is 6.42 Å². The van der Waals surface area contributed by atoms with Gasteiger partial charge in [0, 0.05) is 13.1 Å². The van der Waals surface area contributed by atoms with E-state index in [4.69, 9.17) is 15.6 Å². The number of carboxylic acid groups (broad SMARTS) is 1. The van der Waals surface area contributed by atoms with E-state index in [-0.39, 0.29) is 32.7 Å². The molecule has 0 aromatic rings. The molecule has 5 N–H and O–H groups in total. The van der Waals surface area contributed by atoms with Crippen LogP contribution in [0, 0.1) is 0 Å². The predicted molar refractivity (Wildman–Crippen MR) is 53.7 cm³/mol. The number of primary amides is 1. The molecule has 8 heteroatoms. The Morgan fingerprint density at radius 2 is 1.81 bits per heavy atom. The molecule has 92 valence electrons. The monoisotopic (exact) mass is 233 g/mol. The lowest BCUT2D eigenvalue weighted by Crippen LogP contribution is -2.38. The van der Waals surface area contributed by atoms with Gasteiger partial charge >= 0.3 is 12.0 Å². The lowest BCUT2D eigenvalue weighted by Gasteiger charge is -2.06. The summed E-state index contributed by atoms with van der Waals surface area (Å²) >= 11 is 0. The van der Waals surface area contributed by atoms with Gasteiger partial charge in [-0.25, -0.2) is 4.79 Å². The molecule has 0 aliphatic rings. The molecule has 0 saturated heterocycles. The van der Waals surface area contributed by atoms with Gasteiger partial charge in [-0.05, 0) is 0 Å². The molecule has 0 rings (SSSR count). The van der Waals surface area contributed by atoms with Gasteiger partial charge in [-0.2, -0.15) is 0 Å². The highest BCUT2D eigenvalue weighted by molar-refractivity contribution is 5.75. The smallest absolute Gasteiger partial charge is 0.314 e. The number of hydrogen-bond acceptors (Lipinski definition) is 4. The number of nitrogens with one attached hydrogen (secondary N) is 2. The lowest BCUT2D eigenvalue weighted by molar-refractivity contribution is -0.136. The minimum Gasteiger partial charge on any atom is -0.481 e. The second-order valence-electron chi connectivity index (χ2n) is 2.85. The van der Waals surface area contributed by atoms with Crippen molar-refractivity contribution in [3.05, 3.63) is 0 Å². The molecule has 16 heavy (non-hydrogen) atoms. The fourth-order valence-electron chi connectivity index (χ4n) is 0.755. The van der Waals surface area contributed by atoms with Crippen molar-refractivity contribution in [2.24, 2.45) is 5.73 Å². The maximum absolute atomic E-state index is 11.0. The summed E-state index contributed by atoms with van der Waals surface area (Å²) in [6.45, 7) is 0.243. The number of ether oxygens (including phenoxy) is 1. The summed E-state index contributed by atoms with van der Waals surface area (Å²) in [5.41, 5.74) is 4.81. The van der Waals surface area contributed by atoms with Crippen LogP contribution in [0.5, 0.6) is 0 Å². The van der Waals surface area contributed by atoms with E-state index in [1.165, 1.54) is 0 Å². The van der Waals surface area contributed by atoms with Gasteiger partial charge in [-0.1, -0.05) is 0 Å². The van der Waals surface area contributed by atoms with Crippen molar-refractivity contribution < 1.29 is 24.2 Å². The van der Waals surface area contributed by atoms with Crippen LogP contribution in [-0.2, 0) is 14.3 Å². The van der Waals surface area contributed by atoms with E-state index < -0.39 is 17.9 Å². The first kappa shape index (κ1) is 14.2. The molecule has 0 aliphatic heterocycles. The van der Waals surface area contributed by atoms with Crippen LogP contribution in [0.15, 0.2) is 0 Å². The molecule has 0 aromatic carbocycles.